The normalized spacial score (nSPS) is 14.8. The van der Waals surface area contributed by atoms with Gasteiger partial charge in [-0.05, 0) is 42.5 Å². The molecule has 152 valence electrons. The molecule has 5 nitrogen and oxygen atoms in total. The summed E-state index contributed by atoms with van der Waals surface area (Å²) in [5, 5.41) is 0. The van der Waals surface area contributed by atoms with Crippen molar-refractivity contribution in [2.24, 2.45) is 0 Å². The Morgan fingerprint density at radius 2 is 1.70 bits per heavy atom. The first-order valence-corrected chi connectivity index (χ1v) is 10.4. The zero-order valence-electron chi connectivity index (χ0n) is 16.8. The monoisotopic (exact) mass is 400 g/mol. The fourth-order valence-electron chi connectivity index (χ4n) is 3.85. The topological polar surface area (TPSA) is 69.2 Å². The number of ether oxygens (including phenoxy) is 1. The standard InChI is InChI=1S/C25H24N2O3/c28-24(20-12-10-19(11-13-20)18-6-2-1-3-7-18)17-30-25(29)15-14-21-16-26-22-8-4-5-9-23(22)27-21/h4-5,8-16,18H,1-3,6-7,17H2/b15-14+. The minimum Gasteiger partial charge on any atom is -0.454 e. The molecule has 1 fully saturated rings. The van der Waals surface area contributed by atoms with Crippen LogP contribution in [0.1, 0.15) is 59.6 Å². The van der Waals surface area contributed by atoms with Gasteiger partial charge in [0.05, 0.1) is 22.9 Å². The van der Waals surface area contributed by atoms with Crippen molar-refractivity contribution in [2.45, 2.75) is 38.0 Å². The Morgan fingerprint density at radius 3 is 2.47 bits per heavy atom. The van der Waals surface area contributed by atoms with Crippen LogP contribution in [-0.4, -0.2) is 28.3 Å². The minimum absolute atomic E-state index is 0.211. The second-order valence-electron chi connectivity index (χ2n) is 7.60. The van der Waals surface area contributed by atoms with E-state index in [1.165, 1.54) is 49.8 Å². The summed E-state index contributed by atoms with van der Waals surface area (Å²) in [5.74, 6) is -0.196. The summed E-state index contributed by atoms with van der Waals surface area (Å²) >= 11 is 0. The molecule has 0 aliphatic heterocycles. The highest BCUT2D eigenvalue weighted by Crippen LogP contribution is 2.32. The van der Waals surface area contributed by atoms with Gasteiger partial charge in [-0.2, -0.15) is 0 Å². The van der Waals surface area contributed by atoms with Crippen molar-refractivity contribution in [3.8, 4) is 0 Å². The highest BCUT2D eigenvalue weighted by atomic mass is 16.5. The summed E-state index contributed by atoms with van der Waals surface area (Å²) in [6.07, 6.45) is 10.7. The molecule has 1 aromatic heterocycles. The molecule has 1 aliphatic carbocycles. The lowest BCUT2D eigenvalue weighted by Crippen LogP contribution is -2.13. The summed E-state index contributed by atoms with van der Waals surface area (Å²) < 4.78 is 5.09. The van der Waals surface area contributed by atoms with Crippen LogP contribution in [0, 0.1) is 0 Å². The zero-order chi connectivity index (χ0) is 20.8. The van der Waals surface area contributed by atoms with E-state index >= 15 is 0 Å². The number of ketones is 1. The number of fused-ring (bicyclic) bond motifs is 1. The number of Topliss-reactive ketones (excluding diaryl/α,β-unsaturated/α-hetero) is 1. The van der Waals surface area contributed by atoms with E-state index in [1.807, 2.05) is 48.5 Å². The van der Waals surface area contributed by atoms with Gasteiger partial charge < -0.3 is 4.74 Å². The average Bonchev–Trinajstić information content (AvgIpc) is 2.81. The molecule has 1 aliphatic rings. The van der Waals surface area contributed by atoms with Crippen molar-refractivity contribution in [3.63, 3.8) is 0 Å². The van der Waals surface area contributed by atoms with Gasteiger partial charge in [0.1, 0.15) is 0 Å². The van der Waals surface area contributed by atoms with E-state index in [1.54, 1.807) is 6.20 Å². The summed E-state index contributed by atoms with van der Waals surface area (Å²) in [6.45, 7) is -0.282. The number of carbonyl (C=O) groups excluding carboxylic acids is 2. The zero-order valence-corrected chi connectivity index (χ0v) is 16.8. The van der Waals surface area contributed by atoms with Crippen molar-refractivity contribution < 1.29 is 14.3 Å². The molecule has 3 aromatic rings. The highest BCUT2D eigenvalue weighted by molar-refractivity contribution is 5.98. The summed E-state index contributed by atoms with van der Waals surface area (Å²) in [7, 11) is 0. The molecule has 1 heterocycles. The van der Waals surface area contributed by atoms with Crippen LogP contribution in [0.2, 0.25) is 0 Å². The molecule has 0 saturated heterocycles. The van der Waals surface area contributed by atoms with Crippen molar-refractivity contribution in [2.75, 3.05) is 6.61 Å². The first-order chi connectivity index (χ1) is 14.7. The largest absolute Gasteiger partial charge is 0.454 e. The molecule has 0 N–H and O–H groups in total. The van der Waals surface area contributed by atoms with E-state index in [2.05, 4.69) is 9.97 Å². The Labute approximate surface area is 175 Å². The molecule has 1 saturated carbocycles. The number of para-hydroxylation sites is 2. The Hall–Kier alpha value is -3.34. The Morgan fingerprint density at radius 1 is 0.967 bits per heavy atom. The van der Waals surface area contributed by atoms with Crippen LogP contribution in [0.4, 0.5) is 0 Å². The molecule has 0 atom stereocenters. The number of nitrogens with zero attached hydrogens (tertiary/aromatic N) is 2. The van der Waals surface area contributed by atoms with Gasteiger partial charge in [0.25, 0.3) is 0 Å². The molecule has 0 unspecified atom stereocenters. The third-order valence-electron chi connectivity index (χ3n) is 5.51. The van der Waals surface area contributed by atoms with Crippen LogP contribution in [0.25, 0.3) is 17.1 Å². The average molecular weight is 400 g/mol. The number of hydrogen-bond acceptors (Lipinski definition) is 5. The number of carbonyl (C=O) groups is 2. The van der Waals surface area contributed by atoms with Crippen LogP contribution in [0.15, 0.2) is 60.8 Å². The van der Waals surface area contributed by atoms with Crippen LogP contribution in [-0.2, 0) is 9.53 Å². The van der Waals surface area contributed by atoms with E-state index in [-0.39, 0.29) is 12.4 Å². The quantitative estimate of drug-likeness (QED) is 0.326. The van der Waals surface area contributed by atoms with E-state index in [4.69, 9.17) is 4.74 Å². The number of aromatic nitrogens is 2. The van der Waals surface area contributed by atoms with Gasteiger partial charge in [0, 0.05) is 11.6 Å². The lowest BCUT2D eigenvalue weighted by Gasteiger charge is -2.22. The molecule has 5 heteroatoms. The van der Waals surface area contributed by atoms with Crippen molar-refractivity contribution in [1.29, 1.82) is 0 Å². The highest BCUT2D eigenvalue weighted by Gasteiger charge is 2.16. The molecule has 0 bridgehead atoms. The van der Waals surface area contributed by atoms with Gasteiger partial charge in [-0.15, -0.1) is 0 Å². The maximum absolute atomic E-state index is 12.3. The first kappa shape index (κ1) is 20.0. The number of esters is 1. The molecular weight excluding hydrogens is 376 g/mol. The minimum atomic E-state index is -0.586. The fraction of sp³-hybridized carbons (Fsp3) is 0.280. The number of benzene rings is 2. The van der Waals surface area contributed by atoms with Gasteiger partial charge in [0.15, 0.2) is 12.4 Å². The Bertz CT molecular complexity index is 1070. The van der Waals surface area contributed by atoms with Gasteiger partial charge in [0.2, 0.25) is 0 Å². The lowest BCUT2D eigenvalue weighted by molar-refractivity contribution is -0.136. The van der Waals surface area contributed by atoms with Crippen LogP contribution in [0.5, 0.6) is 0 Å². The van der Waals surface area contributed by atoms with Crippen LogP contribution in [0.3, 0.4) is 0 Å². The Kier molecular flexibility index (Phi) is 6.28. The molecule has 0 amide bonds. The predicted molar refractivity (Wildman–Crippen MR) is 116 cm³/mol. The molecule has 4 rings (SSSR count). The lowest BCUT2D eigenvalue weighted by atomic mass is 9.84. The Balaban J connectivity index is 1.30. The second kappa shape index (κ2) is 9.44. The molecule has 2 aromatic carbocycles. The summed E-state index contributed by atoms with van der Waals surface area (Å²) in [4.78, 5) is 33.0. The third-order valence-corrected chi connectivity index (χ3v) is 5.51. The van der Waals surface area contributed by atoms with E-state index < -0.39 is 5.97 Å². The van der Waals surface area contributed by atoms with E-state index in [0.29, 0.717) is 17.2 Å². The number of rotatable bonds is 6. The van der Waals surface area contributed by atoms with Crippen molar-refractivity contribution in [1.82, 2.24) is 9.97 Å². The number of hydrogen-bond donors (Lipinski definition) is 0. The second-order valence-corrected chi connectivity index (χ2v) is 7.60. The van der Waals surface area contributed by atoms with Crippen molar-refractivity contribution >= 4 is 28.9 Å². The predicted octanol–water partition coefficient (Wildman–Crippen LogP) is 5.12. The van der Waals surface area contributed by atoms with E-state index in [0.717, 1.165) is 11.0 Å². The molecule has 0 spiro atoms. The molecular formula is C25H24N2O3. The van der Waals surface area contributed by atoms with Crippen LogP contribution >= 0.6 is 0 Å². The fourth-order valence-corrected chi connectivity index (χ4v) is 3.85. The molecule has 0 radical (unpaired) electrons. The van der Waals surface area contributed by atoms with Gasteiger partial charge in [-0.25, -0.2) is 9.78 Å². The molecule has 30 heavy (non-hydrogen) atoms. The first-order valence-electron chi connectivity index (χ1n) is 10.4. The van der Waals surface area contributed by atoms with Crippen molar-refractivity contribution in [3.05, 3.63) is 77.6 Å². The summed E-state index contributed by atoms with van der Waals surface area (Å²) in [6, 6.07) is 15.2. The van der Waals surface area contributed by atoms with Gasteiger partial charge in [-0.3, -0.25) is 9.78 Å². The smallest absolute Gasteiger partial charge is 0.331 e. The van der Waals surface area contributed by atoms with Crippen LogP contribution < -0.4 is 0 Å². The third kappa shape index (κ3) is 4.98. The SMILES string of the molecule is O=C(/C=C/c1cnc2ccccc2n1)OCC(=O)c1ccc(C2CCCCC2)cc1. The maximum atomic E-state index is 12.3. The maximum Gasteiger partial charge on any atom is 0.331 e. The van der Waals surface area contributed by atoms with Gasteiger partial charge >= 0.3 is 5.97 Å². The van der Waals surface area contributed by atoms with E-state index in [9.17, 15) is 9.59 Å². The summed E-state index contributed by atoms with van der Waals surface area (Å²) in [5.41, 5.74) is 3.95. The van der Waals surface area contributed by atoms with Gasteiger partial charge in [-0.1, -0.05) is 55.7 Å².